The molecule has 27 heavy (non-hydrogen) atoms. The van der Waals surface area contributed by atoms with Gasteiger partial charge in [-0.2, -0.15) is 0 Å². The topological polar surface area (TPSA) is 98.5 Å². The van der Waals surface area contributed by atoms with Gasteiger partial charge in [0.15, 0.2) is 6.61 Å². The van der Waals surface area contributed by atoms with Crippen molar-refractivity contribution in [3.8, 4) is 0 Å². The molecule has 7 nitrogen and oxygen atoms in total. The van der Waals surface area contributed by atoms with Crippen molar-refractivity contribution in [1.82, 2.24) is 0 Å². The van der Waals surface area contributed by atoms with E-state index in [4.69, 9.17) is 16.3 Å². The van der Waals surface area contributed by atoms with Gasteiger partial charge in [0, 0.05) is 17.0 Å². The van der Waals surface area contributed by atoms with Gasteiger partial charge in [0.05, 0.1) is 15.6 Å². The summed E-state index contributed by atoms with van der Waals surface area (Å²) in [5.41, 5.74) is 1.22. The van der Waals surface area contributed by atoms with Gasteiger partial charge in [-0.05, 0) is 42.9 Å². The summed E-state index contributed by atoms with van der Waals surface area (Å²) in [6.07, 6.45) is 3.03. The second-order valence-corrected chi connectivity index (χ2v) is 8.00. The third-order valence-electron chi connectivity index (χ3n) is 4.30. The van der Waals surface area contributed by atoms with Crippen LogP contribution in [0.2, 0.25) is 5.02 Å². The number of halogens is 1. The molecule has 1 aromatic carbocycles. The van der Waals surface area contributed by atoms with Crippen molar-refractivity contribution < 1.29 is 19.2 Å². The molecule has 0 unspecified atom stereocenters. The number of nitrogens with zero attached hydrogens (tertiary/aromatic N) is 1. The Hall–Kier alpha value is -2.45. The van der Waals surface area contributed by atoms with Crippen LogP contribution in [0, 0.1) is 16.0 Å². The second kappa shape index (κ2) is 8.06. The zero-order valence-electron chi connectivity index (χ0n) is 14.5. The van der Waals surface area contributed by atoms with E-state index < -0.39 is 23.4 Å². The van der Waals surface area contributed by atoms with Crippen LogP contribution in [0.1, 0.15) is 33.5 Å². The number of fused-ring (bicyclic) bond motifs is 1. The Labute approximate surface area is 164 Å². The average molecular weight is 409 g/mol. The van der Waals surface area contributed by atoms with Crippen molar-refractivity contribution in [3.63, 3.8) is 0 Å². The predicted molar refractivity (Wildman–Crippen MR) is 103 cm³/mol. The molecular formula is C18H17ClN2O5S. The number of hydrogen-bond acceptors (Lipinski definition) is 6. The second-order valence-electron chi connectivity index (χ2n) is 6.45. The molecule has 1 heterocycles. The number of non-ortho nitro benzene ring substituents is 1. The number of nitro groups is 1. The molecule has 0 aliphatic heterocycles. The van der Waals surface area contributed by atoms with Crippen molar-refractivity contribution in [2.24, 2.45) is 5.92 Å². The van der Waals surface area contributed by atoms with Crippen molar-refractivity contribution in [2.45, 2.75) is 26.2 Å². The first-order valence-corrected chi connectivity index (χ1v) is 9.55. The van der Waals surface area contributed by atoms with E-state index in [-0.39, 0.29) is 16.4 Å². The zero-order valence-corrected chi connectivity index (χ0v) is 16.1. The maximum Gasteiger partial charge on any atom is 0.348 e. The summed E-state index contributed by atoms with van der Waals surface area (Å²) in [7, 11) is 0. The lowest BCUT2D eigenvalue weighted by molar-refractivity contribution is -0.384. The summed E-state index contributed by atoms with van der Waals surface area (Å²) in [5.74, 6) is -0.505. The van der Waals surface area contributed by atoms with E-state index in [1.807, 2.05) is 6.07 Å². The molecule has 142 valence electrons. The summed E-state index contributed by atoms with van der Waals surface area (Å²) in [6, 6.07) is 5.54. The number of rotatable bonds is 5. The molecule has 3 rings (SSSR count). The number of carbonyl (C=O) groups excluding carboxylic acids is 2. The molecule has 1 amide bonds. The highest BCUT2D eigenvalue weighted by molar-refractivity contribution is 7.14. The van der Waals surface area contributed by atoms with Gasteiger partial charge < -0.3 is 10.1 Å². The van der Waals surface area contributed by atoms with E-state index in [0.29, 0.717) is 10.8 Å². The van der Waals surface area contributed by atoms with E-state index in [9.17, 15) is 19.7 Å². The molecule has 1 aromatic heterocycles. The maximum atomic E-state index is 12.2. The van der Waals surface area contributed by atoms with E-state index in [0.717, 1.165) is 25.3 Å². The number of benzene rings is 1. The first-order chi connectivity index (χ1) is 12.8. The molecule has 0 fully saturated rings. The third-order valence-corrected chi connectivity index (χ3v) is 5.83. The van der Waals surface area contributed by atoms with Gasteiger partial charge in [-0.3, -0.25) is 14.9 Å². The quantitative estimate of drug-likeness (QED) is 0.453. The van der Waals surface area contributed by atoms with Gasteiger partial charge in [0.25, 0.3) is 11.6 Å². The summed E-state index contributed by atoms with van der Waals surface area (Å²) >= 11 is 7.34. The standard InChI is InChI=1S/C18H17ClN2O5S/c1-10-2-5-15-11(6-10)7-16(27-15)18(23)26-9-17(22)20-14-4-3-12(21(24)25)8-13(14)19/h3-4,7-8,10H,2,5-6,9H2,1H3,(H,20,22)/t10-/m0/s1. The van der Waals surface area contributed by atoms with Crippen LogP contribution in [-0.2, 0) is 22.4 Å². The lowest BCUT2D eigenvalue weighted by Crippen LogP contribution is -2.20. The molecule has 0 spiro atoms. The third kappa shape index (κ3) is 4.64. The summed E-state index contributed by atoms with van der Waals surface area (Å²) in [5, 5.41) is 13.2. The Balaban J connectivity index is 1.56. The minimum atomic E-state index is -0.583. The van der Waals surface area contributed by atoms with E-state index >= 15 is 0 Å². The number of carbonyl (C=O) groups is 2. The molecule has 1 N–H and O–H groups in total. The number of hydrogen-bond donors (Lipinski definition) is 1. The predicted octanol–water partition coefficient (Wildman–Crippen LogP) is 4.23. The molecule has 0 radical (unpaired) electrons. The maximum absolute atomic E-state index is 12.2. The molecule has 0 saturated carbocycles. The summed E-state index contributed by atoms with van der Waals surface area (Å²) in [4.78, 5) is 36.0. The molecule has 2 aromatic rings. The normalized spacial score (nSPS) is 15.7. The molecule has 0 bridgehead atoms. The van der Waals surface area contributed by atoms with Gasteiger partial charge in [-0.25, -0.2) is 4.79 Å². The van der Waals surface area contributed by atoms with Crippen LogP contribution >= 0.6 is 22.9 Å². The van der Waals surface area contributed by atoms with E-state index in [1.165, 1.54) is 33.9 Å². The number of nitro benzene ring substituents is 1. The van der Waals surface area contributed by atoms with Gasteiger partial charge in [-0.1, -0.05) is 18.5 Å². The Kier molecular flexibility index (Phi) is 5.76. The van der Waals surface area contributed by atoms with Crippen LogP contribution in [0.3, 0.4) is 0 Å². The fourth-order valence-electron chi connectivity index (χ4n) is 2.91. The van der Waals surface area contributed by atoms with Crippen LogP contribution in [0.15, 0.2) is 24.3 Å². The van der Waals surface area contributed by atoms with Crippen molar-refractivity contribution in [1.29, 1.82) is 0 Å². The Bertz CT molecular complexity index is 911. The lowest BCUT2D eigenvalue weighted by atomic mass is 9.90. The minimum absolute atomic E-state index is 0.0314. The number of nitrogens with one attached hydrogen (secondary N) is 1. The average Bonchev–Trinajstić information content (AvgIpc) is 3.04. The first-order valence-electron chi connectivity index (χ1n) is 8.36. The van der Waals surface area contributed by atoms with Crippen LogP contribution in [0.25, 0.3) is 0 Å². The number of anilines is 1. The van der Waals surface area contributed by atoms with Crippen LogP contribution in [-0.4, -0.2) is 23.4 Å². The fraction of sp³-hybridized carbons (Fsp3) is 0.333. The van der Waals surface area contributed by atoms with Gasteiger partial charge >= 0.3 is 5.97 Å². The molecule has 1 atom stereocenters. The number of ether oxygens (including phenoxy) is 1. The van der Waals surface area contributed by atoms with E-state index in [2.05, 4.69) is 12.2 Å². The molecule has 1 aliphatic carbocycles. The summed E-state index contributed by atoms with van der Waals surface area (Å²) in [6.45, 7) is 1.72. The van der Waals surface area contributed by atoms with Gasteiger partial charge in [0.2, 0.25) is 0 Å². The molecule has 1 aliphatic rings. The highest BCUT2D eigenvalue weighted by Crippen LogP contribution is 2.32. The fourth-order valence-corrected chi connectivity index (χ4v) is 4.24. The number of esters is 1. The zero-order chi connectivity index (χ0) is 19.6. The molecule has 0 saturated heterocycles. The van der Waals surface area contributed by atoms with E-state index in [1.54, 1.807) is 0 Å². The summed E-state index contributed by atoms with van der Waals surface area (Å²) < 4.78 is 5.08. The Morgan fingerprint density at radius 3 is 2.89 bits per heavy atom. The first kappa shape index (κ1) is 19.3. The minimum Gasteiger partial charge on any atom is -0.451 e. The van der Waals surface area contributed by atoms with Crippen LogP contribution < -0.4 is 5.32 Å². The Morgan fingerprint density at radius 1 is 1.41 bits per heavy atom. The van der Waals surface area contributed by atoms with Crippen LogP contribution in [0.4, 0.5) is 11.4 Å². The largest absolute Gasteiger partial charge is 0.451 e. The highest BCUT2D eigenvalue weighted by Gasteiger charge is 2.22. The number of amides is 1. The molecular weight excluding hydrogens is 392 g/mol. The number of thiophene rings is 1. The van der Waals surface area contributed by atoms with Crippen LogP contribution in [0.5, 0.6) is 0 Å². The SMILES string of the molecule is C[C@H]1CCc2sc(C(=O)OCC(=O)Nc3ccc([N+](=O)[O-])cc3Cl)cc2C1. The lowest BCUT2D eigenvalue weighted by Gasteiger charge is -2.16. The van der Waals surface area contributed by atoms with Crippen molar-refractivity contribution >= 4 is 46.2 Å². The smallest absolute Gasteiger partial charge is 0.348 e. The molecule has 9 heteroatoms. The van der Waals surface area contributed by atoms with Gasteiger partial charge in [0.1, 0.15) is 4.88 Å². The van der Waals surface area contributed by atoms with Crippen molar-refractivity contribution in [2.75, 3.05) is 11.9 Å². The van der Waals surface area contributed by atoms with Crippen molar-refractivity contribution in [3.05, 3.63) is 54.7 Å². The monoisotopic (exact) mass is 408 g/mol. The number of aryl methyl sites for hydroxylation is 1. The Morgan fingerprint density at radius 2 is 2.19 bits per heavy atom. The highest BCUT2D eigenvalue weighted by atomic mass is 35.5. The van der Waals surface area contributed by atoms with Gasteiger partial charge in [-0.15, -0.1) is 11.3 Å².